The number of piperidine rings is 1. The summed E-state index contributed by atoms with van der Waals surface area (Å²) >= 11 is 0. The van der Waals surface area contributed by atoms with E-state index in [2.05, 4.69) is 14.7 Å². The van der Waals surface area contributed by atoms with Gasteiger partial charge in [0.1, 0.15) is 23.6 Å². The lowest BCUT2D eigenvalue weighted by Crippen LogP contribution is -2.46. The minimum Gasteiger partial charge on any atom is -0.433 e. The molecule has 31 heavy (non-hydrogen) atoms. The van der Waals surface area contributed by atoms with Crippen LogP contribution in [0.2, 0.25) is 0 Å². The van der Waals surface area contributed by atoms with E-state index in [1.807, 2.05) is 4.90 Å². The Kier molecular flexibility index (Phi) is 5.71. The predicted molar refractivity (Wildman–Crippen MR) is 100 cm³/mol. The molecule has 0 amide bonds. The highest BCUT2D eigenvalue weighted by molar-refractivity contribution is 6.08. The number of carbonyl (C=O) groups excluding carboxylic acids is 1. The van der Waals surface area contributed by atoms with E-state index in [0.717, 1.165) is 0 Å². The standard InChI is InChI=1S/C20H20F5N3O3/c21-19(22)31-12-1-2-14(26-9-12)28-5-3-10(4-6-28)17-15-11(8-27-17)7-13(29)18(30)16(15)20(23,24)25/h1-2,9-10,16,18-19,30H,3-8H2/t16-,18+/m1/s1. The normalized spacial score (nSPS) is 25.2. The van der Waals surface area contributed by atoms with Gasteiger partial charge in [0.15, 0.2) is 5.78 Å². The molecule has 6 nitrogen and oxygen atoms in total. The van der Waals surface area contributed by atoms with Crippen molar-refractivity contribution in [1.82, 2.24) is 4.98 Å². The number of aliphatic hydroxyl groups excluding tert-OH is 1. The molecule has 4 rings (SSSR count). The van der Waals surface area contributed by atoms with Crippen LogP contribution in [0.4, 0.5) is 27.8 Å². The second-order valence-electron chi connectivity index (χ2n) is 7.82. The van der Waals surface area contributed by atoms with Crippen LogP contribution in [0.15, 0.2) is 34.5 Å². The number of aliphatic hydroxyl groups is 1. The zero-order valence-corrected chi connectivity index (χ0v) is 16.3. The Morgan fingerprint density at radius 3 is 2.48 bits per heavy atom. The molecule has 11 heteroatoms. The van der Waals surface area contributed by atoms with Crippen molar-refractivity contribution in [1.29, 1.82) is 0 Å². The molecule has 3 aliphatic rings. The average molecular weight is 445 g/mol. The van der Waals surface area contributed by atoms with Crippen LogP contribution >= 0.6 is 0 Å². The van der Waals surface area contributed by atoms with E-state index in [0.29, 0.717) is 43.0 Å². The van der Waals surface area contributed by atoms with Gasteiger partial charge in [-0.15, -0.1) is 0 Å². The Bertz CT molecular complexity index is 906. The number of nitrogens with zero attached hydrogens (tertiary/aromatic N) is 3. The molecule has 0 bridgehead atoms. The van der Waals surface area contributed by atoms with Gasteiger partial charge in [-0.25, -0.2) is 4.98 Å². The van der Waals surface area contributed by atoms with Crippen molar-refractivity contribution in [3.63, 3.8) is 0 Å². The van der Waals surface area contributed by atoms with Crippen LogP contribution in [0, 0.1) is 11.8 Å². The number of aliphatic imine (C=N–C) groups is 1. The monoisotopic (exact) mass is 445 g/mol. The second kappa shape index (κ2) is 8.18. The number of alkyl halides is 5. The number of Topliss-reactive ketones (excluding diaryl/α,β-unsaturated/α-hetero) is 1. The van der Waals surface area contributed by atoms with E-state index in [1.54, 1.807) is 6.07 Å². The highest BCUT2D eigenvalue weighted by Crippen LogP contribution is 2.45. The van der Waals surface area contributed by atoms with Gasteiger partial charge in [0, 0.05) is 31.1 Å². The second-order valence-corrected chi connectivity index (χ2v) is 7.82. The Labute approximate surface area is 174 Å². The van der Waals surface area contributed by atoms with Crippen LogP contribution in [-0.2, 0) is 4.79 Å². The number of carbonyl (C=O) groups is 1. The molecule has 1 aromatic rings. The molecule has 2 atom stereocenters. The first kappa shape index (κ1) is 21.7. The van der Waals surface area contributed by atoms with Gasteiger partial charge in [-0.1, -0.05) is 0 Å². The van der Waals surface area contributed by atoms with Crippen molar-refractivity contribution >= 4 is 17.3 Å². The molecular weight excluding hydrogens is 425 g/mol. The van der Waals surface area contributed by atoms with E-state index in [9.17, 15) is 31.9 Å². The van der Waals surface area contributed by atoms with Crippen LogP contribution in [0.3, 0.4) is 0 Å². The number of hydrogen-bond acceptors (Lipinski definition) is 6. The lowest BCUT2D eigenvalue weighted by atomic mass is 9.74. The third-order valence-corrected chi connectivity index (χ3v) is 5.95. The van der Waals surface area contributed by atoms with Crippen molar-refractivity contribution in [2.45, 2.75) is 38.2 Å². The topological polar surface area (TPSA) is 75.0 Å². The molecule has 3 heterocycles. The molecule has 0 unspecified atom stereocenters. The Balaban J connectivity index is 1.46. The highest BCUT2D eigenvalue weighted by Gasteiger charge is 2.54. The summed E-state index contributed by atoms with van der Waals surface area (Å²) in [7, 11) is 0. The molecule has 0 radical (unpaired) electrons. The van der Waals surface area contributed by atoms with Crippen LogP contribution < -0.4 is 9.64 Å². The summed E-state index contributed by atoms with van der Waals surface area (Å²) in [6, 6.07) is 2.93. The summed E-state index contributed by atoms with van der Waals surface area (Å²) in [4.78, 5) is 22.2. The van der Waals surface area contributed by atoms with Crippen molar-refractivity contribution in [2.75, 3.05) is 24.5 Å². The Hall–Kier alpha value is -2.56. The Morgan fingerprint density at radius 2 is 1.90 bits per heavy atom. The number of hydrogen-bond donors (Lipinski definition) is 1. The van der Waals surface area contributed by atoms with Crippen molar-refractivity contribution in [3.8, 4) is 5.75 Å². The molecule has 0 spiro atoms. The molecule has 1 fully saturated rings. The van der Waals surface area contributed by atoms with Gasteiger partial charge >= 0.3 is 12.8 Å². The maximum absolute atomic E-state index is 13.7. The fourth-order valence-electron chi connectivity index (χ4n) is 4.53. The summed E-state index contributed by atoms with van der Waals surface area (Å²) in [5.74, 6) is -2.78. The summed E-state index contributed by atoms with van der Waals surface area (Å²) < 4.78 is 69.8. The first-order chi connectivity index (χ1) is 14.6. The number of anilines is 1. The van der Waals surface area contributed by atoms with Crippen molar-refractivity contribution in [3.05, 3.63) is 29.5 Å². The smallest absolute Gasteiger partial charge is 0.398 e. The van der Waals surface area contributed by atoms with Crippen LogP contribution in [-0.4, -0.2) is 60.1 Å². The van der Waals surface area contributed by atoms with Gasteiger partial charge in [-0.2, -0.15) is 22.0 Å². The minimum atomic E-state index is -4.74. The molecule has 2 aliphatic heterocycles. The fraction of sp³-hybridized carbons (Fsp3) is 0.550. The molecule has 0 aromatic carbocycles. The summed E-state index contributed by atoms with van der Waals surface area (Å²) in [5.41, 5.74) is 0.688. The number of aromatic nitrogens is 1. The Morgan fingerprint density at radius 1 is 1.19 bits per heavy atom. The fourth-order valence-corrected chi connectivity index (χ4v) is 4.53. The summed E-state index contributed by atoms with van der Waals surface area (Å²) in [6.07, 6.45) is -4.82. The van der Waals surface area contributed by atoms with Gasteiger partial charge in [0.05, 0.1) is 12.7 Å². The zero-order valence-electron chi connectivity index (χ0n) is 16.3. The maximum Gasteiger partial charge on any atom is 0.398 e. The summed E-state index contributed by atoms with van der Waals surface area (Å²) in [5, 5.41) is 9.97. The number of rotatable bonds is 4. The molecule has 1 aliphatic carbocycles. The van der Waals surface area contributed by atoms with E-state index in [1.165, 1.54) is 12.3 Å². The first-order valence-electron chi connectivity index (χ1n) is 9.85. The average Bonchev–Trinajstić information content (AvgIpc) is 3.11. The molecule has 0 saturated carbocycles. The number of ether oxygens (including phenoxy) is 1. The van der Waals surface area contributed by atoms with Crippen LogP contribution in [0.5, 0.6) is 5.75 Å². The largest absolute Gasteiger partial charge is 0.433 e. The number of ketones is 1. The lowest BCUT2D eigenvalue weighted by Gasteiger charge is -2.36. The van der Waals surface area contributed by atoms with Gasteiger partial charge in [-0.3, -0.25) is 9.79 Å². The quantitative estimate of drug-likeness (QED) is 0.721. The van der Waals surface area contributed by atoms with E-state index in [-0.39, 0.29) is 30.2 Å². The lowest BCUT2D eigenvalue weighted by molar-refractivity contribution is -0.190. The van der Waals surface area contributed by atoms with Crippen LogP contribution in [0.25, 0.3) is 0 Å². The zero-order chi connectivity index (χ0) is 22.3. The first-order valence-corrected chi connectivity index (χ1v) is 9.85. The third-order valence-electron chi connectivity index (χ3n) is 5.95. The van der Waals surface area contributed by atoms with E-state index < -0.39 is 30.6 Å². The van der Waals surface area contributed by atoms with E-state index in [4.69, 9.17) is 0 Å². The molecule has 1 aromatic heterocycles. The molecule has 168 valence electrons. The molecule has 1 saturated heterocycles. The van der Waals surface area contributed by atoms with Gasteiger partial charge < -0.3 is 14.7 Å². The van der Waals surface area contributed by atoms with Crippen molar-refractivity contribution < 1.29 is 36.6 Å². The number of halogens is 5. The molecule has 1 N–H and O–H groups in total. The SMILES string of the molecule is O=C1CC2=C(C(C3CCN(c4ccc(OC(F)F)cn4)CC3)=NC2)[C@@H](C(F)(F)F)[C@H]1O. The van der Waals surface area contributed by atoms with Crippen molar-refractivity contribution in [2.24, 2.45) is 16.8 Å². The third kappa shape index (κ3) is 4.28. The molecular formula is C20H20F5N3O3. The van der Waals surface area contributed by atoms with Gasteiger partial charge in [-0.05, 0) is 36.1 Å². The summed E-state index contributed by atoms with van der Waals surface area (Å²) in [6.45, 7) is -1.90. The minimum absolute atomic E-state index is 0.00956. The van der Waals surface area contributed by atoms with Gasteiger partial charge in [0.25, 0.3) is 0 Å². The predicted octanol–water partition coefficient (Wildman–Crippen LogP) is 3.16. The van der Waals surface area contributed by atoms with Gasteiger partial charge in [0.2, 0.25) is 0 Å². The maximum atomic E-state index is 13.7. The van der Waals surface area contributed by atoms with Crippen LogP contribution in [0.1, 0.15) is 19.3 Å². The van der Waals surface area contributed by atoms with E-state index >= 15 is 0 Å². The number of pyridine rings is 1. The highest BCUT2D eigenvalue weighted by atomic mass is 19.4.